The Balaban J connectivity index is 1.66. The van der Waals surface area contributed by atoms with Crippen LogP contribution in [0.25, 0.3) is 11.0 Å². The average Bonchev–Trinajstić information content (AvgIpc) is 2.68. The Morgan fingerprint density at radius 3 is 2.44 bits per heavy atom. The van der Waals surface area contributed by atoms with Gasteiger partial charge in [-0.2, -0.15) is 0 Å². The van der Waals surface area contributed by atoms with Crippen molar-refractivity contribution in [3.63, 3.8) is 0 Å². The van der Waals surface area contributed by atoms with Crippen LogP contribution in [0.1, 0.15) is 16.7 Å². The molecule has 0 amide bonds. The van der Waals surface area contributed by atoms with Crippen molar-refractivity contribution in [1.82, 2.24) is 0 Å². The molecule has 0 N–H and O–H groups in total. The summed E-state index contributed by atoms with van der Waals surface area (Å²) in [6, 6.07) is 12.0. The fourth-order valence-electron chi connectivity index (χ4n) is 2.66. The summed E-state index contributed by atoms with van der Waals surface area (Å²) < 4.78 is 21.0. The van der Waals surface area contributed by atoms with Crippen molar-refractivity contribution in [3.8, 4) is 11.5 Å². The van der Waals surface area contributed by atoms with Gasteiger partial charge in [-0.15, -0.1) is 0 Å². The summed E-state index contributed by atoms with van der Waals surface area (Å²) in [6.07, 6.45) is 0. The monoisotopic (exact) mass is 368 g/mol. The van der Waals surface area contributed by atoms with Crippen molar-refractivity contribution < 1.29 is 23.4 Å². The lowest BCUT2D eigenvalue weighted by molar-refractivity contribution is -0.147. The standard InChI is InChI=1S/C21H20O6/c1-13-4-9-18-15(10-19(22)27-21(18)14(13)2)11-26-20(23)12-25-17-7-5-16(24-3)6-8-17/h4-10H,11-12H2,1-3H3. The Morgan fingerprint density at radius 2 is 1.74 bits per heavy atom. The van der Waals surface area contributed by atoms with Gasteiger partial charge >= 0.3 is 11.6 Å². The lowest BCUT2D eigenvalue weighted by Crippen LogP contribution is -2.15. The molecule has 0 fully saturated rings. The van der Waals surface area contributed by atoms with Crippen molar-refractivity contribution in [3.05, 3.63) is 69.6 Å². The fraction of sp³-hybridized carbons (Fsp3) is 0.238. The van der Waals surface area contributed by atoms with E-state index in [9.17, 15) is 9.59 Å². The molecule has 0 saturated carbocycles. The Kier molecular flexibility index (Phi) is 5.45. The maximum absolute atomic E-state index is 12.0. The van der Waals surface area contributed by atoms with Crippen LogP contribution >= 0.6 is 0 Å². The van der Waals surface area contributed by atoms with Gasteiger partial charge in [0, 0.05) is 17.0 Å². The number of rotatable bonds is 6. The molecule has 1 heterocycles. The SMILES string of the molecule is COc1ccc(OCC(=O)OCc2cc(=O)oc3c(C)c(C)ccc23)cc1. The lowest BCUT2D eigenvalue weighted by Gasteiger charge is -2.10. The van der Waals surface area contributed by atoms with E-state index in [1.165, 1.54) is 6.07 Å². The normalized spacial score (nSPS) is 10.6. The predicted molar refractivity (Wildman–Crippen MR) is 100 cm³/mol. The second-order valence-electron chi connectivity index (χ2n) is 6.10. The van der Waals surface area contributed by atoms with Gasteiger partial charge in [0.2, 0.25) is 0 Å². The number of esters is 1. The zero-order valence-corrected chi connectivity index (χ0v) is 15.4. The third-order valence-electron chi connectivity index (χ3n) is 4.32. The Labute approximate surface area is 156 Å². The zero-order valence-electron chi connectivity index (χ0n) is 15.4. The van der Waals surface area contributed by atoms with Crippen molar-refractivity contribution in [2.45, 2.75) is 20.5 Å². The highest BCUT2D eigenvalue weighted by Crippen LogP contribution is 2.23. The summed E-state index contributed by atoms with van der Waals surface area (Å²) in [5.74, 6) is 0.700. The summed E-state index contributed by atoms with van der Waals surface area (Å²) in [7, 11) is 1.57. The van der Waals surface area contributed by atoms with Gasteiger partial charge in [0.15, 0.2) is 6.61 Å². The van der Waals surface area contributed by atoms with E-state index < -0.39 is 11.6 Å². The minimum Gasteiger partial charge on any atom is -0.497 e. The lowest BCUT2D eigenvalue weighted by atomic mass is 10.0. The number of aryl methyl sites for hydroxylation is 2. The van der Waals surface area contributed by atoms with Gasteiger partial charge in [0.25, 0.3) is 0 Å². The molecule has 0 bridgehead atoms. The fourth-order valence-corrected chi connectivity index (χ4v) is 2.66. The minimum atomic E-state index is -0.531. The summed E-state index contributed by atoms with van der Waals surface area (Å²) in [4.78, 5) is 23.8. The molecule has 0 radical (unpaired) electrons. The van der Waals surface area contributed by atoms with Crippen LogP contribution in [0.2, 0.25) is 0 Å². The molecule has 2 aromatic carbocycles. The number of carbonyl (C=O) groups is 1. The molecular formula is C21H20O6. The van der Waals surface area contributed by atoms with Crippen LogP contribution in [0, 0.1) is 13.8 Å². The third-order valence-corrected chi connectivity index (χ3v) is 4.32. The molecule has 0 saturated heterocycles. The zero-order chi connectivity index (χ0) is 19.4. The number of benzene rings is 2. The quantitative estimate of drug-likeness (QED) is 0.489. The van der Waals surface area contributed by atoms with Crippen molar-refractivity contribution in [2.24, 2.45) is 0 Å². The second kappa shape index (κ2) is 7.95. The van der Waals surface area contributed by atoms with Crippen LogP contribution in [0.3, 0.4) is 0 Å². The predicted octanol–water partition coefficient (Wildman–Crippen LogP) is 3.54. The summed E-state index contributed by atoms with van der Waals surface area (Å²) in [6.45, 7) is 3.57. The van der Waals surface area contributed by atoms with Crippen LogP contribution in [-0.2, 0) is 16.1 Å². The van der Waals surface area contributed by atoms with Gasteiger partial charge in [0.1, 0.15) is 23.7 Å². The van der Waals surface area contributed by atoms with E-state index in [1.54, 1.807) is 31.4 Å². The first kappa shape index (κ1) is 18.5. The molecule has 0 aliphatic carbocycles. The molecule has 0 atom stereocenters. The van der Waals surface area contributed by atoms with Crippen LogP contribution < -0.4 is 15.1 Å². The maximum atomic E-state index is 12.0. The van der Waals surface area contributed by atoms with Gasteiger partial charge in [-0.1, -0.05) is 12.1 Å². The van der Waals surface area contributed by atoms with Gasteiger partial charge in [-0.25, -0.2) is 9.59 Å². The maximum Gasteiger partial charge on any atom is 0.344 e. The molecule has 1 aromatic heterocycles. The Bertz CT molecular complexity index is 1020. The van der Waals surface area contributed by atoms with E-state index in [4.69, 9.17) is 18.6 Å². The molecule has 6 heteroatoms. The van der Waals surface area contributed by atoms with E-state index >= 15 is 0 Å². The van der Waals surface area contributed by atoms with Gasteiger partial charge in [0.05, 0.1) is 7.11 Å². The molecule has 0 aliphatic rings. The molecule has 6 nitrogen and oxygen atoms in total. The molecule has 0 aliphatic heterocycles. The smallest absolute Gasteiger partial charge is 0.344 e. The molecule has 0 unspecified atom stereocenters. The van der Waals surface area contributed by atoms with Crippen molar-refractivity contribution in [1.29, 1.82) is 0 Å². The average molecular weight is 368 g/mol. The van der Waals surface area contributed by atoms with Crippen LogP contribution in [0.15, 0.2) is 51.7 Å². The van der Waals surface area contributed by atoms with Crippen LogP contribution in [0.5, 0.6) is 11.5 Å². The van der Waals surface area contributed by atoms with E-state index in [-0.39, 0.29) is 13.2 Å². The first-order chi connectivity index (χ1) is 13.0. The third kappa shape index (κ3) is 4.28. The number of fused-ring (bicyclic) bond motifs is 1. The van der Waals surface area contributed by atoms with E-state index in [0.29, 0.717) is 22.6 Å². The highest BCUT2D eigenvalue weighted by molar-refractivity contribution is 5.84. The van der Waals surface area contributed by atoms with Crippen molar-refractivity contribution >= 4 is 16.9 Å². The summed E-state index contributed by atoms with van der Waals surface area (Å²) >= 11 is 0. The molecular weight excluding hydrogens is 348 g/mol. The molecule has 3 aromatic rings. The molecule has 3 rings (SSSR count). The molecule has 0 spiro atoms. The first-order valence-electron chi connectivity index (χ1n) is 8.43. The summed E-state index contributed by atoms with van der Waals surface area (Å²) in [5.41, 5.74) is 2.55. The van der Waals surface area contributed by atoms with Crippen LogP contribution in [0.4, 0.5) is 0 Å². The largest absolute Gasteiger partial charge is 0.497 e. The molecule has 27 heavy (non-hydrogen) atoms. The number of hydrogen-bond donors (Lipinski definition) is 0. The highest BCUT2D eigenvalue weighted by Gasteiger charge is 2.12. The first-order valence-corrected chi connectivity index (χ1v) is 8.43. The highest BCUT2D eigenvalue weighted by atomic mass is 16.6. The van der Waals surface area contributed by atoms with E-state index in [1.807, 2.05) is 26.0 Å². The van der Waals surface area contributed by atoms with E-state index in [0.717, 1.165) is 16.5 Å². The second-order valence-corrected chi connectivity index (χ2v) is 6.10. The Hall–Kier alpha value is -3.28. The topological polar surface area (TPSA) is 75.0 Å². The number of ether oxygens (including phenoxy) is 3. The Morgan fingerprint density at radius 1 is 1.04 bits per heavy atom. The van der Waals surface area contributed by atoms with Crippen LogP contribution in [-0.4, -0.2) is 19.7 Å². The van der Waals surface area contributed by atoms with Gasteiger partial charge in [-0.05, 0) is 49.2 Å². The number of carbonyl (C=O) groups excluding carboxylic acids is 1. The van der Waals surface area contributed by atoms with E-state index in [2.05, 4.69) is 0 Å². The van der Waals surface area contributed by atoms with Gasteiger partial charge in [-0.3, -0.25) is 0 Å². The molecule has 140 valence electrons. The summed E-state index contributed by atoms with van der Waals surface area (Å²) in [5, 5.41) is 0.751. The number of methoxy groups -OCH3 is 1. The minimum absolute atomic E-state index is 0.0323. The van der Waals surface area contributed by atoms with Crippen molar-refractivity contribution in [2.75, 3.05) is 13.7 Å². The number of hydrogen-bond acceptors (Lipinski definition) is 6. The van der Waals surface area contributed by atoms with Gasteiger partial charge < -0.3 is 18.6 Å².